The number of allylic oxidation sites excluding steroid dienone is 4. The van der Waals surface area contributed by atoms with Crippen LogP contribution in [0, 0.1) is 0 Å². The molecule has 0 bridgehead atoms. The lowest BCUT2D eigenvalue weighted by atomic mass is 9.70. The molecule has 8 nitrogen and oxygen atoms in total. The zero-order chi connectivity index (χ0) is 52.1. The predicted molar refractivity (Wildman–Crippen MR) is 316 cm³/mol. The molecule has 2 atom stereocenters. The first-order chi connectivity index (χ1) is 37.9. The number of hydrogen-bond donors (Lipinski definition) is 0. The van der Waals surface area contributed by atoms with Gasteiger partial charge in [0.15, 0.2) is 14.3 Å². The fourth-order valence-electron chi connectivity index (χ4n) is 14.0. The molecule has 386 valence electrons. The highest BCUT2D eigenvalue weighted by atomic mass is 31.2. The van der Waals surface area contributed by atoms with Crippen molar-refractivity contribution in [1.29, 1.82) is 0 Å². The predicted octanol–water partition coefficient (Wildman–Crippen LogP) is 17.1. The maximum Gasteiger partial charge on any atom is 0.174 e. The second-order valence-corrected chi connectivity index (χ2v) is 27.2. The Balaban J connectivity index is 0.902. The normalized spacial score (nSPS) is 20.1. The Labute approximate surface area is 453 Å². The summed E-state index contributed by atoms with van der Waals surface area (Å²) in [6, 6.07) is 54.7. The molecular formula is C67H66N6O2P2. The minimum absolute atomic E-state index is 0.260. The van der Waals surface area contributed by atoms with Crippen molar-refractivity contribution >= 4 is 46.1 Å². The van der Waals surface area contributed by atoms with Gasteiger partial charge < -0.3 is 9.13 Å². The number of unbranched alkanes of at least 4 members (excludes halogenated alkanes) is 6. The van der Waals surface area contributed by atoms with Gasteiger partial charge in [0.05, 0.1) is 34.4 Å². The lowest BCUT2D eigenvalue weighted by Crippen LogP contribution is -2.26. The lowest BCUT2D eigenvalue weighted by molar-refractivity contribution is 0.400. The molecule has 10 heteroatoms. The van der Waals surface area contributed by atoms with E-state index in [9.17, 15) is 0 Å². The molecule has 2 aliphatic heterocycles. The summed E-state index contributed by atoms with van der Waals surface area (Å²) >= 11 is 0. The standard InChI is InChI=1S/C67H66N6O2P2/c1-3-5-7-21-41-67(42-22-8-6-4-2)59-43-49(72-45-61(68-70-72)65-57-35-23-33-55(57)63(47-25-13-9-14-26-47)76(65,74)51-29-17-11-18-30-51)37-39-53(59)54-40-38-50(44-60(54)67)73-46-62(69-71-73)66-58-36-24-34-56(58)64(48-27-15-10-16-28-48)77(66,75)52-31-19-12-20-32-52/h9-20,25-32,37-40,43-46H,3-8,21-24,33-36,41-42H2,1-2H3. The molecule has 6 aromatic carbocycles. The number of nitrogens with zero attached hydrogens (tertiary/aromatic N) is 6. The molecule has 5 aliphatic rings. The van der Waals surface area contributed by atoms with E-state index in [0.717, 1.165) is 119 Å². The number of rotatable bonds is 18. The van der Waals surface area contributed by atoms with Gasteiger partial charge in [-0.05, 0) is 131 Å². The monoisotopic (exact) mass is 1050 g/mol. The van der Waals surface area contributed by atoms with Crippen molar-refractivity contribution in [1.82, 2.24) is 30.0 Å². The molecule has 2 aromatic heterocycles. The Morgan fingerprint density at radius 2 is 0.818 bits per heavy atom. The third-order valence-electron chi connectivity index (χ3n) is 17.4. The minimum atomic E-state index is -3.32. The molecule has 77 heavy (non-hydrogen) atoms. The average Bonchev–Trinajstić information content (AvgIpc) is 4.53. The molecule has 8 aromatic rings. The van der Waals surface area contributed by atoms with Crippen molar-refractivity contribution in [2.75, 3.05) is 0 Å². The van der Waals surface area contributed by atoms with Crippen LogP contribution in [-0.4, -0.2) is 30.0 Å². The van der Waals surface area contributed by atoms with Crippen LogP contribution in [0.5, 0.6) is 0 Å². The second kappa shape index (κ2) is 20.4. The average molecular weight is 1050 g/mol. The molecule has 0 N–H and O–H groups in total. The zero-order valence-electron chi connectivity index (χ0n) is 44.4. The molecule has 13 rings (SSSR count). The highest BCUT2D eigenvalue weighted by Gasteiger charge is 2.50. The molecule has 4 heterocycles. The summed E-state index contributed by atoms with van der Waals surface area (Å²) in [5.74, 6) is 0. The highest BCUT2D eigenvalue weighted by Crippen LogP contribution is 2.77. The van der Waals surface area contributed by atoms with E-state index in [1.807, 2.05) is 94.6 Å². The van der Waals surface area contributed by atoms with Gasteiger partial charge in [-0.2, -0.15) is 0 Å². The fraction of sp³-hybridized carbons (Fsp3) is 0.284. The quantitative estimate of drug-likeness (QED) is 0.0627. The maximum absolute atomic E-state index is 16.3. The molecule has 0 spiro atoms. The van der Waals surface area contributed by atoms with Crippen molar-refractivity contribution in [3.8, 4) is 22.5 Å². The van der Waals surface area contributed by atoms with Crippen LogP contribution in [0.3, 0.4) is 0 Å². The van der Waals surface area contributed by atoms with Gasteiger partial charge in [-0.25, -0.2) is 9.36 Å². The van der Waals surface area contributed by atoms with Gasteiger partial charge in [0.1, 0.15) is 11.4 Å². The molecular weight excluding hydrogens is 983 g/mol. The number of fused-ring (bicyclic) bond motifs is 5. The maximum atomic E-state index is 16.3. The first-order valence-electron chi connectivity index (χ1n) is 28.4. The zero-order valence-corrected chi connectivity index (χ0v) is 46.2. The third kappa shape index (κ3) is 8.15. The van der Waals surface area contributed by atoms with Gasteiger partial charge in [-0.15, -0.1) is 10.2 Å². The molecule has 2 unspecified atom stereocenters. The van der Waals surface area contributed by atoms with Gasteiger partial charge in [-0.3, -0.25) is 0 Å². The van der Waals surface area contributed by atoms with Crippen molar-refractivity contribution in [2.45, 2.75) is 122 Å². The SMILES string of the molecule is CCCCCCC1(CCCCCC)c2cc(-n3cc(C4=C5CCCC5=C(c5ccccc5)P4(=O)c4ccccc4)nn3)ccc2-c2ccc(-n3cc(C4=C5CCCC5=C(c5ccccc5)P4(=O)c4ccccc4)nn3)cc21. The van der Waals surface area contributed by atoms with Crippen LogP contribution in [0.1, 0.15) is 150 Å². The number of hydrogen-bond acceptors (Lipinski definition) is 6. The summed E-state index contributed by atoms with van der Waals surface area (Å²) in [6.07, 6.45) is 21.1. The van der Waals surface area contributed by atoms with Crippen LogP contribution in [0.4, 0.5) is 0 Å². The first kappa shape index (κ1) is 49.6. The van der Waals surface area contributed by atoms with Crippen LogP contribution in [0.2, 0.25) is 0 Å². The van der Waals surface area contributed by atoms with Gasteiger partial charge in [0.2, 0.25) is 0 Å². The van der Waals surface area contributed by atoms with Crippen molar-refractivity contribution in [2.24, 2.45) is 0 Å². The van der Waals surface area contributed by atoms with Crippen LogP contribution in [0.15, 0.2) is 192 Å². The van der Waals surface area contributed by atoms with E-state index in [1.54, 1.807) is 0 Å². The smallest absolute Gasteiger partial charge is 0.174 e. The van der Waals surface area contributed by atoms with E-state index < -0.39 is 14.3 Å². The molecule has 0 radical (unpaired) electrons. The van der Waals surface area contributed by atoms with Gasteiger partial charge in [-0.1, -0.05) is 209 Å². The van der Waals surface area contributed by atoms with E-state index in [1.165, 1.54) is 83.1 Å². The van der Waals surface area contributed by atoms with E-state index in [2.05, 4.69) is 98.8 Å². The summed E-state index contributed by atoms with van der Waals surface area (Å²) in [5, 5.41) is 25.0. The highest BCUT2D eigenvalue weighted by molar-refractivity contribution is 7.90. The van der Waals surface area contributed by atoms with Gasteiger partial charge in [0.25, 0.3) is 0 Å². The Morgan fingerprint density at radius 3 is 1.21 bits per heavy atom. The summed E-state index contributed by atoms with van der Waals surface area (Å²) in [6.45, 7) is 4.58. The Bertz CT molecular complexity index is 3540. The third-order valence-corrected chi connectivity index (χ3v) is 24.0. The molecule has 0 saturated heterocycles. The summed E-state index contributed by atoms with van der Waals surface area (Å²) in [5.41, 5.74) is 15.1. The minimum Gasteiger partial charge on any atom is -0.309 e. The van der Waals surface area contributed by atoms with Crippen molar-refractivity contribution in [3.63, 3.8) is 0 Å². The number of aromatic nitrogens is 6. The van der Waals surface area contributed by atoms with E-state index in [-0.39, 0.29) is 5.41 Å². The Kier molecular flexibility index (Phi) is 13.2. The molecule has 2 saturated carbocycles. The van der Waals surface area contributed by atoms with Crippen LogP contribution >= 0.6 is 14.3 Å². The summed E-state index contributed by atoms with van der Waals surface area (Å²) in [4.78, 5) is 0. The first-order valence-corrected chi connectivity index (χ1v) is 31.8. The van der Waals surface area contributed by atoms with Crippen molar-refractivity contribution in [3.05, 3.63) is 226 Å². The summed E-state index contributed by atoms with van der Waals surface area (Å²) in [7, 11) is -6.63. The Hall–Kier alpha value is -6.98. The van der Waals surface area contributed by atoms with Gasteiger partial charge >= 0.3 is 0 Å². The van der Waals surface area contributed by atoms with Gasteiger partial charge in [0, 0.05) is 26.7 Å². The second-order valence-electron chi connectivity index (χ2n) is 21.9. The lowest BCUT2D eigenvalue weighted by Gasteiger charge is -2.33. The topological polar surface area (TPSA) is 95.6 Å². The molecule has 3 aliphatic carbocycles. The summed E-state index contributed by atoms with van der Waals surface area (Å²) < 4.78 is 36.4. The van der Waals surface area contributed by atoms with E-state index in [4.69, 9.17) is 20.6 Å². The van der Waals surface area contributed by atoms with Crippen LogP contribution in [-0.2, 0) is 14.5 Å². The largest absolute Gasteiger partial charge is 0.309 e. The molecule has 2 fully saturated rings. The van der Waals surface area contributed by atoms with E-state index >= 15 is 9.13 Å². The Morgan fingerprint density at radius 1 is 0.442 bits per heavy atom. The fourth-order valence-corrected chi connectivity index (χ4v) is 21.0. The van der Waals surface area contributed by atoms with Crippen LogP contribution in [0.25, 0.3) is 43.8 Å². The van der Waals surface area contributed by atoms with Crippen LogP contribution < -0.4 is 10.6 Å². The van der Waals surface area contributed by atoms with Crippen molar-refractivity contribution < 1.29 is 9.13 Å². The van der Waals surface area contributed by atoms with E-state index in [0.29, 0.717) is 11.4 Å². The molecule has 0 amide bonds. The number of benzene rings is 6.